The second-order valence-electron chi connectivity index (χ2n) is 7.21. The number of carbonyl (C=O) groups is 1. The lowest BCUT2D eigenvalue weighted by atomic mass is 9.87. The van der Waals surface area contributed by atoms with Crippen LogP contribution < -0.4 is 16.2 Å². The molecule has 0 radical (unpaired) electrons. The molecule has 0 unspecified atom stereocenters. The first-order valence-corrected chi connectivity index (χ1v) is 8.74. The minimum absolute atomic E-state index is 0.0821. The molecule has 0 spiro atoms. The zero-order valence-electron chi connectivity index (χ0n) is 14.2. The maximum Gasteiger partial charge on any atom is 0.269 e. The summed E-state index contributed by atoms with van der Waals surface area (Å²) in [6.45, 7) is 6.46. The molecule has 1 aromatic rings. The van der Waals surface area contributed by atoms with Crippen LogP contribution in [0.3, 0.4) is 0 Å². The summed E-state index contributed by atoms with van der Waals surface area (Å²) in [5, 5.41) is 3.74. The Morgan fingerprint density at radius 2 is 1.65 bits per heavy atom. The van der Waals surface area contributed by atoms with Gasteiger partial charge < -0.3 is 5.32 Å². The predicted octanol–water partition coefficient (Wildman–Crippen LogP) is 3.43. The molecule has 0 saturated heterocycles. The van der Waals surface area contributed by atoms with Crippen molar-refractivity contribution in [2.24, 2.45) is 0 Å². The van der Waals surface area contributed by atoms with E-state index in [1.54, 1.807) is 0 Å². The Kier molecular flexibility index (Phi) is 5.99. The molecule has 23 heavy (non-hydrogen) atoms. The summed E-state index contributed by atoms with van der Waals surface area (Å²) >= 11 is 5.24. The number of rotatable bonds is 2. The summed E-state index contributed by atoms with van der Waals surface area (Å²) in [5.74, 6) is -0.182. The van der Waals surface area contributed by atoms with E-state index in [1.807, 2.05) is 24.3 Å². The lowest BCUT2D eigenvalue weighted by Crippen LogP contribution is -2.50. The van der Waals surface area contributed by atoms with Gasteiger partial charge in [-0.15, -0.1) is 0 Å². The lowest BCUT2D eigenvalue weighted by molar-refractivity contribution is 0.0943. The van der Waals surface area contributed by atoms with Crippen LogP contribution in [0.4, 0.5) is 0 Å². The molecular formula is C18H27N3OS. The monoisotopic (exact) mass is 333 g/mol. The SMILES string of the molecule is CC(C)(C)c1ccc(C(=O)NNC(=S)NC2CCCCC2)cc1. The van der Waals surface area contributed by atoms with Gasteiger partial charge >= 0.3 is 0 Å². The molecule has 1 amide bonds. The fourth-order valence-electron chi connectivity index (χ4n) is 2.78. The van der Waals surface area contributed by atoms with E-state index in [0.717, 1.165) is 12.8 Å². The summed E-state index contributed by atoms with van der Waals surface area (Å²) in [6, 6.07) is 8.09. The minimum atomic E-state index is -0.182. The third-order valence-corrected chi connectivity index (χ3v) is 4.46. The van der Waals surface area contributed by atoms with Crippen LogP contribution in [0.2, 0.25) is 0 Å². The fraction of sp³-hybridized carbons (Fsp3) is 0.556. The molecule has 0 bridgehead atoms. The first kappa shape index (κ1) is 17.7. The number of hydrogen-bond donors (Lipinski definition) is 3. The highest BCUT2D eigenvalue weighted by atomic mass is 32.1. The molecule has 126 valence electrons. The van der Waals surface area contributed by atoms with Crippen molar-refractivity contribution in [1.82, 2.24) is 16.2 Å². The molecule has 5 heteroatoms. The van der Waals surface area contributed by atoms with Gasteiger partial charge in [0.1, 0.15) is 0 Å². The van der Waals surface area contributed by atoms with Crippen LogP contribution in [0.5, 0.6) is 0 Å². The summed E-state index contributed by atoms with van der Waals surface area (Å²) in [6.07, 6.45) is 6.08. The van der Waals surface area contributed by atoms with Crippen LogP contribution in [0.25, 0.3) is 0 Å². The molecule has 2 rings (SSSR count). The average Bonchev–Trinajstić information content (AvgIpc) is 2.53. The van der Waals surface area contributed by atoms with Crippen LogP contribution in [0, 0.1) is 0 Å². The highest BCUT2D eigenvalue weighted by Gasteiger charge is 2.16. The predicted molar refractivity (Wildman–Crippen MR) is 98.4 cm³/mol. The van der Waals surface area contributed by atoms with Crippen molar-refractivity contribution in [1.29, 1.82) is 0 Å². The van der Waals surface area contributed by atoms with Crippen molar-refractivity contribution < 1.29 is 4.79 Å². The minimum Gasteiger partial charge on any atom is -0.359 e. The van der Waals surface area contributed by atoms with Crippen LogP contribution in [0.15, 0.2) is 24.3 Å². The Hall–Kier alpha value is -1.62. The van der Waals surface area contributed by atoms with Gasteiger partial charge in [-0.3, -0.25) is 15.6 Å². The summed E-state index contributed by atoms with van der Waals surface area (Å²) in [7, 11) is 0. The first-order valence-electron chi connectivity index (χ1n) is 8.33. The molecule has 0 atom stereocenters. The zero-order valence-corrected chi connectivity index (χ0v) is 15.1. The number of hydrazine groups is 1. The Bertz CT molecular complexity index is 542. The molecule has 0 aromatic heterocycles. The van der Waals surface area contributed by atoms with Gasteiger partial charge in [-0.1, -0.05) is 52.2 Å². The second-order valence-corrected chi connectivity index (χ2v) is 7.62. The molecule has 4 nitrogen and oxygen atoms in total. The van der Waals surface area contributed by atoms with Crippen molar-refractivity contribution in [2.75, 3.05) is 0 Å². The van der Waals surface area contributed by atoms with Crippen molar-refractivity contribution in [3.63, 3.8) is 0 Å². The summed E-state index contributed by atoms with van der Waals surface area (Å²) in [4.78, 5) is 12.1. The number of benzene rings is 1. The van der Waals surface area contributed by atoms with Crippen LogP contribution in [0.1, 0.15) is 68.8 Å². The molecule has 0 aliphatic heterocycles. The third kappa shape index (κ3) is 5.50. The molecule has 1 aliphatic carbocycles. The maximum absolute atomic E-state index is 12.1. The highest BCUT2D eigenvalue weighted by Crippen LogP contribution is 2.22. The van der Waals surface area contributed by atoms with Gasteiger partial charge in [-0.05, 0) is 48.2 Å². The molecular weight excluding hydrogens is 306 g/mol. The van der Waals surface area contributed by atoms with Gasteiger partial charge in [0.15, 0.2) is 5.11 Å². The first-order chi connectivity index (χ1) is 10.9. The normalized spacial score (nSPS) is 15.8. The van der Waals surface area contributed by atoms with Gasteiger partial charge in [0.05, 0.1) is 0 Å². The number of carbonyl (C=O) groups excluding carboxylic acids is 1. The molecule has 1 aliphatic rings. The van der Waals surface area contributed by atoms with E-state index >= 15 is 0 Å². The Labute approximate surface area is 144 Å². The zero-order chi connectivity index (χ0) is 16.9. The maximum atomic E-state index is 12.1. The number of thiocarbonyl (C=S) groups is 1. The molecule has 3 N–H and O–H groups in total. The van der Waals surface area contributed by atoms with Crippen molar-refractivity contribution in [3.8, 4) is 0 Å². The number of amides is 1. The summed E-state index contributed by atoms with van der Waals surface area (Å²) < 4.78 is 0. The lowest BCUT2D eigenvalue weighted by Gasteiger charge is -2.24. The van der Waals surface area contributed by atoms with Crippen LogP contribution in [-0.4, -0.2) is 17.1 Å². The Morgan fingerprint density at radius 3 is 2.22 bits per heavy atom. The summed E-state index contributed by atoms with van der Waals surface area (Å²) in [5.41, 5.74) is 7.35. The Balaban J connectivity index is 1.81. The van der Waals surface area contributed by atoms with Gasteiger partial charge in [-0.2, -0.15) is 0 Å². The van der Waals surface area contributed by atoms with Crippen LogP contribution in [-0.2, 0) is 5.41 Å². The third-order valence-electron chi connectivity index (χ3n) is 4.24. The van der Waals surface area contributed by atoms with E-state index < -0.39 is 0 Å². The quantitative estimate of drug-likeness (QED) is 0.573. The van der Waals surface area contributed by atoms with E-state index in [0.29, 0.717) is 16.7 Å². The number of nitrogens with one attached hydrogen (secondary N) is 3. The van der Waals surface area contributed by atoms with Gasteiger partial charge in [-0.25, -0.2) is 0 Å². The van der Waals surface area contributed by atoms with E-state index in [-0.39, 0.29) is 11.3 Å². The van der Waals surface area contributed by atoms with Crippen molar-refractivity contribution in [3.05, 3.63) is 35.4 Å². The molecule has 1 aromatic carbocycles. The van der Waals surface area contributed by atoms with Gasteiger partial charge in [0.25, 0.3) is 5.91 Å². The van der Waals surface area contributed by atoms with E-state index in [4.69, 9.17) is 12.2 Å². The molecule has 1 fully saturated rings. The standard InChI is InChI=1S/C18H27N3OS/c1-18(2,3)14-11-9-13(10-12-14)16(22)20-21-17(23)19-15-7-5-4-6-8-15/h9-12,15H,4-8H2,1-3H3,(H,20,22)(H2,19,21,23). The van der Waals surface area contributed by atoms with Gasteiger partial charge in [0, 0.05) is 11.6 Å². The molecule has 1 saturated carbocycles. The Morgan fingerprint density at radius 1 is 1.04 bits per heavy atom. The van der Waals surface area contributed by atoms with E-state index in [2.05, 4.69) is 36.9 Å². The van der Waals surface area contributed by atoms with Crippen LogP contribution >= 0.6 is 12.2 Å². The topological polar surface area (TPSA) is 53.2 Å². The van der Waals surface area contributed by atoms with Crippen molar-refractivity contribution in [2.45, 2.75) is 64.3 Å². The van der Waals surface area contributed by atoms with E-state index in [9.17, 15) is 4.79 Å². The average molecular weight is 334 g/mol. The smallest absolute Gasteiger partial charge is 0.269 e. The highest BCUT2D eigenvalue weighted by molar-refractivity contribution is 7.80. The fourth-order valence-corrected chi connectivity index (χ4v) is 2.99. The van der Waals surface area contributed by atoms with E-state index in [1.165, 1.54) is 24.8 Å². The molecule has 0 heterocycles. The largest absolute Gasteiger partial charge is 0.359 e. The van der Waals surface area contributed by atoms with Crippen molar-refractivity contribution >= 4 is 23.2 Å². The van der Waals surface area contributed by atoms with Gasteiger partial charge in [0.2, 0.25) is 0 Å². The number of hydrogen-bond acceptors (Lipinski definition) is 2. The second kappa shape index (κ2) is 7.77.